The molecule has 7 nitrogen and oxygen atoms in total. The Kier molecular flexibility index (Phi) is 4.71. The molecule has 3 aliphatic rings. The SMILES string of the molecule is O=C(O)[C@H]1CN(C(=O)C2CCCN2S(=O)(=O)c2ccccc2)C[C@@H]1C1CC1. The van der Waals surface area contributed by atoms with Crippen LogP contribution in [0.5, 0.6) is 0 Å². The first-order chi connectivity index (χ1) is 12.9. The Hall–Kier alpha value is -1.93. The number of amides is 1. The van der Waals surface area contributed by atoms with E-state index in [1.165, 1.54) is 16.4 Å². The van der Waals surface area contributed by atoms with Crippen molar-refractivity contribution in [2.45, 2.75) is 36.6 Å². The fourth-order valence-corrected chi connectivity index (χ4v) is 6.16. The molecule has 3 fully saturated rings. The van der Waals surface area contributed by atoms with Crippen molar-refractivity contribution in [2.75, 3.05) is 19.6 Å². The van der Waals surface area contributed by atoms with E-state index >= 15 is 0 Å². The summed E-state index contributed by atoms with van der Waals surface area (Å²) in [5.41, 5.74) is 0. The highest BCUT2D eigenvalue weighted by Crippen LogP contribution is 2.44. The molecular weight excluding hydrogens is 368 g/mol. The molecule has 1 saturated carbocycles. The smallest absolute Gasteiger partial charge is 0.308 e. The Morgan fingerprint density at radius 3 is 2.37 bits per heavy atom. The second-order valence-corrected chi connectivity index (χ2v) is 9.67. The van der Waals surface area contributed by atoms with Crippen LogP contribution in [0, 0.1) is 17.8 Å². The van der Waals surface area contributed by atoms with Gasteiger partial charge >= 0.3 is 5.97 Å². The number of hydrogen-bond donors (Lipinski definition) is 1. The van der Waals surface area contributed by atoms with Crippen LogP contribution in [0.25, 0.3) is 0 Å². The lowest BCUT2D eigenvalue weighted by molar-refractivity contribution is -0.143. The number of carboxylic acid groups (broad SMARTS) is 1. The van der Waals surface area contributed by atoms with Gasteiger partial charge in [-0.1, -0.05) is 18.2 Å². The fourth-order valence-electron chi connectivity index (χ4n) is 4.49. The Morgan fingerprint density at radius 1 is 1.04 bits per heavy atom. The molecule has 1 unspecified atom stereocenters. The standard InChI is InChI=1S/C19H24N2O5S/c22-18(20-11-15(13-8-9-13)16(12-20)19(23)24)17-7-4-10-21(17)27(25,26)14-5-2-1-3-6-14/h1-3,5-6,13,15-17H,4,7-12H2,(H,23,24)/t15-,16+,17?/m1/s1. The Balaban J connectivity index is 1.54. The molecule has 0 spiro atoms. The summed E-state index contributed by atoms with van der Waals surface area (Å²) in [6.07, 6.45) is 3.15. The monoisotopic (exact) mass is 392 g/mol. The first kappa shape index (κ1) is 18.4. The van der Waals surface area contributed by atoms with E-state index in [-0.39, 0.29) is 23.3 Å². The van der Waals surface area contributed by atoms with Gasteiger partial charge in [0.15, 0.2) is 0 Å². The van der Waals surface area contributed by atoms with Crippen molar-refractivity contribution in [3.63, 3.8) is 0 Å². The second-order valence-electron chi connectivity index (χ2n) is 7.78. The molecule has 0 radical (unpaired) electrons. The number of nitrogens with zero attached hydrogens (tertiary/aromatic N) is 2. The summed E-state index contributed by atoms with van der Waals surface area (Å²) in [5, 5.41) is 9.51. The fraction of sp³-hybridized carbons (Fsp3) is 0.579. The summed E-state index contributed by atoms with van der Waals surface area (Å²) in [4.78, 5) is 26.5. The summed E-state index contributed by atoms with van der Waals surface area (Å²) in [6, 6.07) is 7.42. The molecule has 27 heavy (non-hydrogen) atoms. The first-order valence-corrected chi connectivity index (χ1v) is 10.9. The highest BCUT2D eigenvalue weighted by Gasteiger charge is 2.49. The third-order valence-corrected chi connectivity index (χ3v) is 7.98. The normalized spacial score (nSPS) is 29.2. The van der Waals surface area contributed by atoms with Gasteiger partial charge < -0.3 is 10.0 Å². The maximum atomic E-state index is 13.1. The molecule has 1 aliphatic carbocycles. The van der Waals surface area contributed by atoms with Gasteiger partial charge in [0.1, 0.15) is 6.04 Å². The van der Waals surface area contributed by atoms with E-state index in [2.05, 4.69) is 0 Å². The quantitative estimate of drug-likeness (QED) is 0.818. The number of likely N-dealkylation sites (tertiary alicyclic amines) is 1. The molecule has 8 heteroatoms. The lowest BCUT2D eigenvalue weighted by Crippen LogP contribution is -2.47. The van der Waals surface area contributed by atoms with Crippen molar-refractivity contribution >= 4 is 21.9 Å². The number of carboxylic acids is 1. The van der Waals surface area contributed by atoms with Gasteiger partial charge in [-0.15, -0.1) is 0 Å². The minimum atomic E-state index is -3.74. The summed E-state index contributed by atoms with van der Waals surface area (Å²) in [6.45, 7) is 0.928. The van der Waals surface area contributed by atoms with Crippen LogP contribution in [0.1, 0.15) is 25.7 Å². The van der Waals surface area contributed by atoms with Crippen LogP contribution in [0.3, 0.4) is 0 Å². The number of hydrogen-bond acceptors (Lipinski definition) is 4. The summed E-state index contributed by atoms with van der Waals surface area (Å²) in [7, 11) is -3.74. The predicted octanol–water partition coefficient (Wildman–Crippen LogP) is 1.41. The molecule has 2 aliphatic heterocycles. The van der Waals surface area contributed by atoms with Gasteiger partial charge in [-0.25, -0.2) is 8.42 Å². The summed E-state index contributed by atoms with van der Waals surface area (Å²) < 4.78 is 27.3. The van der Waals surface area contributed by atoms with Crippen molar-refractivity contribution in [1.29, 1.82) is 0 Å². The Morgan fingerprint density at radius 2 is 1.74 bits per heavy atom. The van der Waals surface area contributed by atoms with E-state index < -0.39 is 28.0 Å². The molecule has 1 aromatic carbocycles. The van der Waals surface area contributed by atoms with Gasteiger partial charge in [-0.2, -0.15) is 4.31 Å². The average molecular weight is 392 g/mol. The predicted molar refractivity (Wildman–Crippen MR) is 97.3 cm³/mol. The van der Waals surface area contributed by atoms with Gasteiger partial charge in [0.05, 0.1) is 10.8 Å². The Labute approximate surface area is 159 Å². The number of rotatable bonds is 5. The van der Waals surface area contributed by atoms with Crippen molar-refractivity contribution in [1.82, 2.24) is 9.21 Å². The maximum absolute atomic E-state index is 13.1. The zero-order valence-electron chi connectivity index (χ0n) is 15.0. The van der Waals surface area contributed by atoms with E-state index in [0.29, 0.717) is 31.8 Å². The van der Waals surface area contributed by atoms with E-state index in [1.54, 1.807) is 23.1 Å². The van der Waals surface area contributed by atoms with Crippen molar-refractivity contribution in [2.24, 2.45) is 17.8 Å². The highest BCUT2D eigenvalue weighted by atomic mass is 32.2. The molecule has 0 bridgehead atoms. The number of sulfonamides is 1. The third-order valence-electron chi connectivity index (χ3n) is 6.06. The van der Waals surface area contributed by atoms with E-state index in [1.807, 2.05) is 0 Å². The molecule has 1 N–H and O–H groups in total. The maximum Gasteiger partial charge on any atom is 0.308 e. The molecule has 2 saturated heterocycles. The van der Waals surface area contributed by atoms with Gasteiger partial charge in [-0.05, 0) is 49.7 Å². The van der Waals surface area contributed by atoms with E-state index in [4.69, 9.17) is 0 Å². The van der Waals surface area contributed by atoms with Crippen molar-refractivity contribution < 1.29 is 23.1 Å². The van der Waals surface area contributed by atoms with Crippen LogP contribution in [0.4, 0.5) is 0 Å². The minimum absolute atomic E-state index is 0.00738. The Bertz CT molecular complexity index is 837. The molecule has 2 heterocycles. The zero-order chi connectivity index (χ0) is 19.2. The molecule has 0 aromatic heterocycles. The molecule has 1 aromatic rings. The first-order valence-electron chi connectivity index (χ1n) is 9.48. The zero-order valence-corrected chi connectivity index (χ0v) is 15.8. The lowest BCUT2D eigenvalue weighted by atomic mass is 9.92. The van der Waals surface area contributed by atoms with Gasteiger partial charge in [0.2, 0.25) is 15.9 Å². The van der Waals surface area contributed by atoms with E-state index in [0.717, 1.165) is 12.8 Å². The van der Waals surface area contributed by atoms with E-state index in [9.17, 15) is 23.1 Å². The van der Waals surface area contributed by atoms with Gasteiger partial charge in [-0.3, -0.25) is 9.59 Å². The van der Waals surface area contributed by atoms with Crippen molar-refractivity contribution in [3.05, 3.63) is 30.3 Å². The highest BCUT2D eigenvalue weighted by molar-refractivity contribution is 7.89. The van der Waals surface area contributed by atoms with Crippen LogP contribution < -0.4 is 0 Å². The molecule has 146 valence electrons. The number of carbonyl (C=O) groups is 2. The van der Waals surface area contributed by atoms with Gasteiger partial charge in [0, 0.05) is 19.6 Å². The second kappa shape index (κ2) is 6.91. The van der Waals surface area contributed by atoms with Crippen LogP contribution in [0.15, 0.2) is 35.2 Å². The molecular formula is C19H24N2O5S. The average Bonchev–Trinajstić information content (AvgIpc) is 3.21. The van der Waals surface area contributed by atoms with Gasteiger partial charge in [0.25, 0.3) is 0 Å². The summed E-state index contributed by atoms with van der Waals surface area (Å²) in [5.74, 6) is -1.27. The topological polar surface area (TPSA) is 95.0 Å². The molecule has 3 atom stereocenters. The molecule has 4 rings (SSSR count). The number of benzene rings is 1. The largest absolute Gasteiger partial charge is 0.481 e. The van der Waals surface area contributed by atoms with Crippen LogP contribution in [-0.2, 0) is 19.6 Å². The van der Waals surface area contributed by atoms with Crippen LogP contribution in [0.2, 0.25) is 0 Å². The number of aliphatic carboxylic acids is 1. The van der Waals surface area contributed by atoms with Crippen LogP contribution in [-0.4, -0.2) is 60.3 Å². The third kappa shape index (κ3) is 3.36. The molecule has 1 amide bonds. The lowest BCUT2D eigenvalue weighted by Gasteiger charge is -2.27. The summed E-state index contributed by atoms with van der Waals surface area (Å²) >= 11 is 0. The van der Waals surface area contributed by atoms with Crippen LogP contribution >= 0.6 is 0 Å². The minimum Gasteiger partial charge on any atom is -0.481 e. The number of carbonyl (C=O) groups excluding carboxylic acids is 1. The van der Waals surface area contributed by atoms with Crippen molar-refractivity contribution in [3.8, 4) is 0 Å².